The zero-order valence-electron chi connectivity index (χ0n) is 14.5. The monoisotopic (exact) mass is 336 g/mol. The largest absolute Gasteiger partial charge is 0.477 e. The van der Waals surface area contributed by atoms with E-state index < -0.39 is 5.97 Å². The van der Waals surface area contributed by atoms with Gasteiger partial charge in [0.25, 0.3) is 0 Å². The van der Waals surface area contributed by atoms with E-state index in [1.165, 1.54) is 57.6 Å². The number of hydrogen-bond acceptors (Lipinski definition) is 5. The van der Waals surface area contributed by atoms with Crippen LogP contribution in [-0.2, 0) is 0 Å². The number of hydrogen-bond donors (Lipinski definition) is 1. The first-order chi connectivity index (χ1) is 11.7. The second kappa shape index (κ2) is 12.4. The smallest absolute Gasteiger partial charge is 0.356 e. The lowest BCUT2D eigenvalue weighted by atomic mass is 10.1. The second-order valence-corrected chi connectivity index (χ2v) is 5.90. The van der Waals surface area contributed by atoms with Gasteiger partial charge in [-0.1, -0.05) is 64.7 Å². The van der Waals surface area contributed by atoms with E-state index in [-0.39, 0.29) is 17.3 Å². The Bertz CT molecular complexity index is 506. The Labute approximate surface area is 143 Å². The maximum atomic E-state index is 10.8. The van der Waals surface area contributed by atoms with Crippen molar-refractivity contribution in [2.24, 2.45) is 0 Å². The highest BCUT2D eigenvalue weighted by atomic mass is 16.5. The number of carboxylic acid groups (broad SMARTS) is 1. The maximum Gasteiger partial charge on any atom is 0.356 e. The van der Waals surface area contributed by atoms with Gasteiger partial charge in [-0.2, -0.15) is 0 Å². The Morgan fingerprint density at radius 2 is 1.67 bits per heavy atom. The lowest BCUT2D eigenvalue weighted by molar-refractivity contribution is 0.0686. The van der Waals surface area contributed by atoms with Crippen molar-refractivity contribution in [3.8, 4) is 5.88 Å². The Kier molecular flexibility index (Phi) is 10.4. The van der Waals surface area contributed by atoms with Gasteiger partial charge in [-0.3, -0.25) is 4.79 Å². The third-order valence-corrected chi connectivity index (χ3v) is 3.84. The van der Waals surface area contributed by atoms with Gasteiger partial charge in [0, 0.05) is 0 Å². The molecule has 0 aliphatic rings. The van der Waals surface area contributed by atoms with Crippen molar-refractivity contribution in [1.29, 1.82) is 0 Å². The van der Waals surface area contributed by atoms with Gasteiger partial charge in [-0.05, 0) is 6.42 Å². The van der Waals surface area contributed by atoms with Crippen molar-refractivity contribution in [1.82, 2.24) is 9.97 Å². The molecule has 0 radical (unpaired) electrons. The molecule has 0 aliphatic heterocycles. The fourth-order valence-corrected chi connectivity index (χ4v) is 2.47. The molecule has 0 fully saturated rings. The number of aromatic nitrogens is 2. The van der Waals surface area contributed by atoms with Crippen LogP contribution in [0.25, 0.3) is 0 Å². The van der Waals surface area contributed by atoms with E-state index in [0.717, 1.165) is 12.8 Å². The zero-order chi connectivity index (χ0) is 17.6. The standard InChI is InChI=1S/C18H28N2O4/c1-2-3-4-5-6-7-8-9-10-11-12-24-16-13-19-17(18(22)23)15(14-21)20-16/h13-14H,2-12H2,1H3,(H,22,23). The van der Waals surface area contributed by atoms with Crippen LogP contribution in [0, 0.1) is 0 Å². The van der Waals surface area contributed by atoms with E-state index in [2.05, 4.69) is 16.9 Å². The summed E-state index contributed by atoms with van der Waals surface area (Å²) in [6.45, 7) is 2.73. The lowest BCUT2D eigenvalue weighted by Gasteiger charge is -2.06. The molecule has 0 bridgehead atoms. The Morgan fingerprint density at radius 3 is 2.21 bits per heavy atom. The molecule has 0 amide bonds. The summed E-state index contributed by atoms with van der Waals surface area (Å²) in [4.78, 5) is 29.2. The Balaban J connectivity index is 2.11. The van der Waals surface area contributed by atoms with Gasteiger partial charge in [0.2, 0.25) is 5.88 Å². The molecular formula is C18H28N2O4. The SMILES string of the molecule is CCCCCCCCCCCCOc1cnc(C(=O)O)c(C=O)n1. The molecule has 0 atom stereocenters. The molecule has 0 spiro atoms. The van der Waals surface area contributed by atoms with Crippen molar-refractivity contribution in [2.75, 3.05) is 6.61 Å². The van der Waals surface area contributed by atoms with Crippen LogP contribution in [0.4, 0.5) is 0 Å². The minimum absolute atomic E-state index is 0.193. The second-order valence-electron chi connectivity index (χ2n) is 5.90. The number of nitrogens with zero attached hydrogens (tertiary/aromatic N) is 2. The highest BCUT2D eigenvalue weighted by Crippen LogP contribution is 2.12. The van der Waals surface area contributed by atoms with Gasteiger partial charge in [0.15, 0.2) is 12.0 Å². The first-order valence-electron chi connectivity index (χ1n) is 8.87. The fourth-order valence-electron chi connectivity index (χ4n) is 2.47. The first-order valence-corrected chi connectivity index (χ1v) is 8.87. The van der Waals surface area contributed by atoms with Crippen LogP contribution < -0.4 is 4.74 Å². The van der Waals surface area contributed by atoms with E-state index >= 15 is 0 Å². The maximum absolute atomic E-state index is 10.8. The summed E-state index contributed by atoms with van der Waals surface area (Å²) in [6, 6.07) is 0. The quantitative estimate of drug-likeness (QED) is 0.403. The number of ether oxygens (including phenoxy) is 1. The van der Waals surface area contributed by atoms with Gasteiger partial charge in [-0.25, -0.2) is 14.8 Å². The lowest BCUT2D eigenvalue weighted by Crippen LogP contribution is -2.09. The van der Waals surface area contributed by atoms with Crippen molar-refractivity contribution in [3.63, 3.8) is 0 Å². The molecule has 1 aromatic rings. The molecule has 1 N–H and O–H groups in total. The van der Waals surface area contributed by atoms with Crippen LogP contribution in [0.1, 0.15) is 92.1 Å². The molecule has 6 heteroatoms. The summed E-state index contributed by atoms with van der Waals surface area (Å²) in [7, 11) is 0. The number of unbranched alkanes of at least 4 members (excludes halogenated alkanes) is 9. The van der Waals surface area contributed by atoms with Gasteiger partial charge in [0.05, 0.1) is 12.8 Å². The normalized spacial score (nSPS) is 10.5. The van der Waals surface area contributed by atoms with E-state index in [1.807, 2.05) is 0 Å². The molecule has 0 saturated carbocycles. The number of rotatable bonds is 14. The van der Waals surface area contributed by atoms with Crippen LogP contribution in [0.3, 0.4) is 0 Å². The molecule has 0 unspecified atom stereocenters. The summed E-state index contributed by atoms with van der Waals surface area (Å²) in [5.41, 5.74) is -0.556. The minimum Gasteiger partial charge on any atom is -0.477 e. The number of aromatic carboxylic acids is 1. The van der Waals surface area contributed by atoms with Crippen LogP contribution in [0.5, 0.6) is 5.88 Å². The van der Waals surface area contributed by atoms with Crippen LogP contribution in [0.2, 0.25) is 0 Å². The topological polar surface area (TPSA) is 89.4 Å². The number of carbonyl (C=O) groups is 2. The van der Waals surface area contributed by atoms with Crippen molar-refractivity contribution < 1.29 is 19.4 Å². The van der Waals surface area contributed by atoms with Gasteiger partial charge < -0.3 is 9.84 Å². The van der Waals surface area contributed by atoms with Gasteiger partial charge in [0.1, 0.15) is 5.69 Å². The van der Waals surface area contributed by atoms with Crippen molar-refractivity contribution in [2.45, 2.75) is 71.1 Å². The molecule has 0 aliphatic carbocycles. The number of aldehydes is 1. The summed E-state index contributed by atoms with van der Waals surface area (Å²) in [5.74, 6) is -1.08. The zero-order valence-corrected chi connectivity index (χ0v) is 14.5. The average Bonchev–Trinajstić information content (AvgIpc) is 2.59. The van der Waals surface area contributed by atoms with Crippen LogP contribution in [-0.4, -0.2) is 33.9 Å². The molecule has 1 aromatic heterocycles. The van der Waals surface area contributed by atoms with Crippen LogP contribution in [0.15, 0.2) is 6.20 Å². The van der Waals surface area contributed by atoms with Gasteiger partial charge >= 0.3 is 5.97 Å². The Hall–Kier alpha value is -1.98. The van der Waals surface area contributed by atoms with Crippen molar-refractivity contribution in [3.05, 3.63) is 17.6 Å². The first kappa shape index (κ1) is 20.1. The molecular weight excluding hydrogens is 308 g/mol. The van der Waals surface area contributed by atoms with E-state index in [9.17, 15) is 9.59 Å². The summed E-state index contributed by atoms with van der Waals surface area (Å²) in [6.07, 6.45) is 14.1. The number of carboxylic acids is 1. The summed E-state index contributed by atoms with van der Waals surface area (Å²) in [5, 5.41) is 8.86. The third-order valence-electron chi connectivity index (χ3n) is 3.84. The van der Waals surface area contributed by atoms with Gasteiger partial charge in [-0.15, -0.1) is 0 Å². The highest BCUT2D eigenvalue weighted by molar-refractivity contribution is 5.93. The molecule has 1 rings (SSSR count). The Morgan fingerprint density at radius 1 is 1.08 bits per heavy atom. The van der Waals surface area contributed by atoms with E-state index in [4.69, 9.17) is 9.84 Å². The minimum atomic E-state index is -1.27. The predicted molar refractivity (Wildman–Crippen MR) is 91.7 cm³/mol. The third kappa shape index (κ3) is 8.04. The highest BCUT2D eigenvalue weighted by Gasteiger charge is 2.14. The van der Waals surface area contributed by atoms with Crippen LogP contribution >= 0.6 is 0 Å². The average molecular weight is 336 g/mol. The molecule has 0 aromatic carbocycles. The molecule has 24 heavy (non-hydrogen) atoms. The summed E-state index contributed by atoms with van der Waals surface area (Å²) >= 11 is 0. The predicted octanol–water partition coefficient (Wildman–Crippen LogP) is 4.29. The summed E-state index contributed by atoms with van der Waals surface area (Å²) < 4.78 is 5.43. The van der Waals surface area contributed by atoms with E-state index in [0.29, 0.717) is 12.9 Å². The molecule has 0 saturated heterocycles. The van der Waals surface area contributed by atoms with E-state index in [1.54, 1.807) is 0 Å². The number of carbonyl (C=O) groups excluding carboxylic acids is 1. The molecule has 134 valence electrons. The molecule has 6 nitrogen and oxygen atoms in total. The molecule has 1 heterocycles. The van der Waals surface area contributed by atoms with Crippen molar-refractivity contribution >= 4 is 12.3 Å². The fraction of sp³-hybridized carbons (Fsp3) is 0.667.